The molecule has 2 bridgehead atoms. The number of carbonyl (C=O) groups excluding carboxylic acids is 3. The summed E-state index contributed by atoms with van der Waals surface area (Å²) in [5.74, 6) is -0.379. The number of aromatic nitrogens is 1. The van der Waals surface area contributed by atoms with E-state index in [4.69, 9.17) is 4.74 Å². The van der Waals surface area contributed by atoms with Gasteiger partial charge in [0.15, 0.2) is 0 Å². The van der Waals surface area contributed by atoms with E-state index in [2.05, 4.69) is 20.4 Å². The number of rotatable bonds is 11. The Labute approximate surface area is 264 Å². The molecule has 1 aromatic carbocycles. The molecule has 12 heteroatoms. The smallest absolute Gasteiger partial charge is 0.409 e. The fraction of sp³-hybridized carbons (Fsp3) is 0.636. The number of hydrogen-bond acceptors (Lipinski definition) is 8. The molecule has 3 N–H and O–H groups in total. The van der Waals surface area contributed by atoms with Crippen molar-refractivity contribution in [3.63, 3.8) is 0 Å². The Morgan fingerprint density at radius 3 is 2.44 bits per heavy atom. The van der Waals surface area contributed by atoms with Gasteiger partial charge in [0.05, 0.1) is 25.3 Å². The number of aliphatic hydroxyl groups is 1. The van der Waals surface area contributed by atoms with Crippen molar-refractivity contribution in [1.82, 2.24) is 29.9 Å². The third-order valence-corrected chi connectivity index (χ3v) is 9.58. The standard InChI is InChI=1S/C33H48N6O6/c1-21(2)39-30-8-6-5-7-23(30)15-29(32(39)43)31(42)35-25-16-26-9-10-27(17-25)38(26)20-28(41)19-37(33(44)45-4)14-13-36-12-11-24(18-36)34-22(3)40/h5-8,15,21,24-28,41H,9-14,16-20H2,1-4H3,(H,34,40)(H,35,42)/t24?,25-,26+,27-,28?. The number of nitrogens with zero attached hydrogens (tertiary/aromatic N) is 4. The lowest BCUT2D eigenvalue weighted by Crippen LogP contribution is -2.54. The van der Waals surface area contributed by atoms with Gasteiger partial charge in [0.25, 0.3) is 11.5 Å². The van der Waals surface area contributed by atoms with Crippen molar-refractivity contribution in [2.24, 2.45) is 0 Å². The van der Waals surface area contributed by atoms with Crippen LogP contribution in [0.2, 0.25) is 0 Å². The van der Waals surface area contributed by atoms with Crippen LogP contribution in [0, 0.1) is 0 Å². The molecule has 5 atom stereocenters. The monoisotopic (exact) mass is 624 g/mol. The summed E-state index contributed by atoms with van der Waals surface area (Å²) >= 11 is 0. The number of carbonyl (C=O) groups is 3. The van der Waals surface area contributed by atoms with Gasteiger partial charge in [-0.3, -0.25) is 24.2 Å². The van der Waals surface area contributed by atoms with E-state index in [1.807, 2.05) is 38.1 Å². The first-order chi connectivity index (χ1) is 21.5. The fourth-order valence-corrected chi connectivity index (χ4v) is 7.56. The lowest BCUT2D eigenvalue weighted by atomic mass is 9.96. The molecule has 2 aromatic rings. The third-order valence-electron chi connectivity index (χ3n) is 9.58. The molecule has 3 saturated heterocycles. The van der Waals surface area contributed by atoms with Crippen LogP contribution in [0.4, 0.5) is 4.79 Å². The Bertz CT molecular complexity index is 1430. The number of aliphatic hydroxyl groups excluding tert-OH is 1. The van der Waals surface area contributed by atoms with E-state index in [1.54, 1.807) is 15.5 Å². The van der Waals surface area contributed by atoms with E-state index >= 15 is 0 Å². The zero-order chi connectivity index (χ0) is 32.2. The Kier molecular flexibility index (Phi) is 10.5. The lowest BCUT2D eigenvalue weighted by molar-refractivity contribution is -0.119. The number of fused-ring (bicyclic) bond motifs is 3. The maximum atomic E-state index is 13.4. The number of pyridine rings is 1. The van der Waals surface area contributed by atoms with Crippen LogP contribution >= 0.6 is 0 Å². The summed E-state index contributed by atoms with van der Waals surface area (Å²) < 4.78 is 6.69. The highest BCUT2D eigenvalue weighted by molar-refractivity contribution is 5.97. The van der Waals surface area contributed by atoms with Crippen LogP contribution in [0.3, 0.4) is 0 Å². The first kappa shape index (κ1) is 32.9. The number of benzene rings is 1. The van der Waals surface area contributed by atoms with E-state index in [0.29, 0.717) is 19.6 Å². The van der Waals surface area contributed by atoms with E-state index in [0.717, 1.165) is 56.1 Å². The number of nitrogens with one attached hydrogen (secondary N) is 2. The zero-order valence-electron chi connectivity index (χ0n) is 26.9. The minimum Gasteiger partial charge on any atom is -0.453 e. The van der Waals surface area contributed by atoms with Gasteiger partial charge in [0.2, 0.25) is 5.91 Å². The van der Waals surface area contributed by atoms with Crippen molar-refractivity contribution in [1.29, 1.82) is 0 Å². The van der Waals surface area contributed by atoms with Crippen molar-refractivity contribution in [2.75, 3.05) is 46.4 Å². The number of likely N-dealkylation sites (tertiary alicyclic amines) is 1. The van der Waals surface area contributed by atoms with Crippen molar-refractivity contribution in [3.8, 4) is 0 Å². The van der Waals surface area contributed by atoms with E-state index in [1.165, 1.54) is 14.0 Å². The first-order valence-corrected chi connectivity index (χ1v) is 16.2. The quantitative estimate of drug-likeness (QED) is 0.345. The van der Waals surface area contributed by atoms with Gasteiger partial charge in [-0.15, -0.1) is 0 Å². The molecule has 0 saturated carbocycles. The molecule has 0 radical (unpaired) electrons. The van der Waals surface area contributed by atoms with Gasteiger partial charge in [-0.2, -0.15) is 0 Å². The van der Waals surface area contributed by atoms with Crippen LogP contribution in [0.15, 0.2) is 35.1 Å². The summed E-state index contributed by atoms with van der Waals surface area (Å²) in [7, 11) is 1.35. The predicted molar refractivity (Wildman–Crippen MR) is 171 cm³/mol. The van der Waals surface area contributed by atoms with Crippen molar-refractivity contribution in [2.45, 2.75) is 89.2 Å². The summed E-state index contributed by atoms with van der Waals surface area (Å²) in [5, 5.41) is 18.1. The number of para-hydroxylation sites is 1. The molecule has 3 amide bonds. The van der Waals surface area contributed by atoms with Gasteiger partial charge in [-0.05, 0) is 63.5 Å². The van der Waals surface area contributed by atoms with Gasteiger partial charge in [-0.1, -0.05) is 18.2 Å². The maximum Gasteiger partial charge on any atom is 0.409 e. The summed E-state index contributed by atoms with van der Waals surface area (Å²) in [5.41, 5.74) is 0.698. The highest BCUT2D eigenvalue weighted by Gasteiger charge is 2.42. The molecule has 2 unspecified atom stereocenters. The van der Waals surface area contributed by atoms with Crippen LogP contribution in [0.5, 0.6) is 0 Å². The van der Waals surface area contributed by atoms with Crippen molar-refractivity contribution >= 4 is 28.8 Å². The molecule has 12 nitrogen and oxygen atoms in total. The molecule has 1 aromatic heterocycles. The molecule has 3 aliphatic rings. The van der Waals surface area contributed by atoms with Crippen LogP contribution < -0.4 is 16.2 Å². The minimum atomic E-state index is -0.754. The average Bonchev–Trinajstić information content (AvgIpc) is 3.52. The number of ether oxygens (including phenoxy) is 1. The second kappa shape index (κ2) is 14.3. The molecule has 3 fully saturated rings. The molecule has 0 spiro atoms. The van der Waals surface area contributed by atoms with Crippen molar-refractivity contribution < 1.29 is 24.2 Å². The number of hydrogen-bond donors (Lipinski definition) is 3. The summed E-state index contributed by atoms with van der Waals surface area (Å²) in [6, 6.07) is 9.71. The predicted octanol–water partition coefficient (Wildman–Crippen LogP) is 1.95. The summed E-state index contributed by atoms with van der Waals surface area (Å²) in [4.78, 5) is 56.8. The second-order valence-corrected chi connectivity index (χ2v) is 13.2. The second-order valence-electron chi connectivity index (χ2n) is 13.2. The normalized spacial score (nSPS) is 24.1. The number of piperidine rings is 1. The van der Waals surface area contributed by atoms with Crippen LogP contribution in [-0.2, 0) is 9.53 Å². The Morgan fingerprint density at radius 2 is 1.78 bits per heavy atom. The SMILES string of the molecule is COC(=O)N(CCN1CCC(NC(C)=O)C1)CC(O)CN1[C@@H]2CC[C@H]1C[C@@H](NC(=O)c1cc3ccccc3n(C(C)C)c1=O)C2. The van der Waals surface area contributed by atoms with Crippen LogP contribution in [0.25, 0.3) is 10.9 Å². The highest BCUT2D eigenvalue weighted by atomic mass is 16.5. The largest absolute Gasteiger partial charge is 0.453 e. The molecule has 4 heterocycles. The Hall–Kier alpha value is -3.48. The Balaban J connectivity index is 1.16. The van der Waals surface area contributed by atoms with Crippen molar-refractivity contribution in [3.05, 3.63) is 46.2 Å². The van der Waals surface area contributed by atoms with E-state index in [9.17, 15) is 24.3 Å². The maximum absolute atomic E-state index is 13.4. The highest BCUT2D eigenvalue weighted by Crippen LogP contribution is 2.36. The van der Waals surface area contributed by atoms with Gasteiger partial charge >= 0.3 is 6.09 Å². The molecule has 45 heavy (non-hydrogen) atoms. The number of amides is 3. The Morgan fingerprint density at radius 1 is 1.07 bits per heavy atom. The molecule has 3 aliphatic heterocycles. The van der Waals surface area contributed by atoms with Gasteiger partial charge in [0, 0.05) is 69.9 Å². The zero-order valence-corrected chi connectivity index (χ0v) is 26.9. The first-order valence-electron chi connectivity index (χ1n) is 16.2. The van der Waals surface area contributed by atoms with Gasteiger partial charge in [-0.25, -0.2) is 4.79 Å². The van der Waals surface area contributed by atoms with Crippen LogP contribution in [0.1, 0.15) is 69.3 Å². The summed E-state index contributed by atoms with van der Waals surface area (Å²) in [6.07, 6.45) is 3.09. The average molecular weight is 625 g/mol. The van der Waals surface area contributed by atoms with Gasteiger partial charge in [0.1, 0.15) is 5.56 Å². The molecule has 5 rings (SSSR count). The number of methoxy groups -OCH3 is 1. The van der Waals surface area contributed by atoms with E-state index in [-0.39, 0.29) is 59.7 Å². The lowest BCUT2D eigenvalue weighted by Gasteiger charge is -2.40. The molecular weight excluding hydrogens is 576 g/mol. The molecular formula is C33H48N6O6. The molecule has 0 aliphatic carbocycles. The summed E-state index contributed by atoms with van der Waals surface area (Å²) in [6.45, 7) is 8.63. The third kappa shape index (κ3) is 7.67. The minimum absolute atomic E-state index is 0.0395. The molecule has 246 valence electrons. The van der Waals surface area contributed by atoms with E-state index < -0.39 is 12.2 Å². The fourth-order valence-electron chi connectivity index (χ4n) is 7.56. The van der Waals surface area contributed by atoms with Gasteiger partial charge < -0.3 is 29.9 Å². The van der Waals surface area contributed by atoms with Crippen LogP contribution in [-0.4, -0.2) is 119 Å². The topological polar surface area (TPSA) is 136 Å².